The van der Waals surface area contributed by atoms with Gasteiger partial charge in [0.25, 0.3) is 0 Å². The van der Waals surface area contributed by atoms with Crippen LogP contribution in [0.4, 0.5) is 0 Å². The topological polar surface area (TPSA) is 44.2 Å². The summed E-state index contributed by atoms with van der Waals surface area (Å²) < 4.78 is 11.2. The molecule has 0 atom stereocenters. The Kier molecular flexibility index (Phi) is 4.15. The summed E-state index contributed by atoms with van der Waals surface area (Å²) in [6.45, 7) is 0. The zero-order valence-corrected chi connectivity index (χ0v) is 14.7. The highest BCUT2D eigenvalue weighted by molar-refractivity contribution is 8.00. The Labute approximate surface area is 149 Å². The molecule has 4 nitrogen and oxygen atoms in total. The van der Waals surface area contributed by atoms with Crippen molar-refractivity contribution in [3.63, 3.8) is 0 Å². The molecule has 25 heavy (non-hydrogen) atoms. The van der Waals surface area contributed by atoms with Gasteiger partial charge in [-0.25, -0.2) is 0 Å². The average molecular weight is 348 g/mol. The van der Waals surface area contributed by atoms with Crippen molar-refractivity contribution >= 4 is 33.6 Å². The fourth-order valence-electron chi connectivity index (χ4n) is 2.84. The summed E-state index contributed by atoms with van der Waals surface area (Å²) in [5.41, 5.74) is 1.87. The van der Waals surface area contributed by atoms with E-state index in [-0.39, 0.29) is 0 Å². The molecule has 0 saturated heterocycles. The lowest BCUT2D eigenvalue weighted by atomic mass is 10.2. The summed E-state index contributed by atoms with van der Waals surface area (Å²) in [7, 11) is 3.37. The van der Waals surface area contributed by atoms with Crippen LogP contribution in [-0.2, 0) is 0 Å². The van der Waals surface area contributed by atoms with E-state index >= 15 is 0 Å². The molecule has 4 aromatic rings. The van der Waals surface area contributed by atoms with Gasteiger partial charge in [-0.05, 0) is 36.4 Å². The van der Waals surface area contributed by atoms with E-state index in [0.717, 1.165) is 43.1 Å². The number of fused-ring (bicyclic) bond motifs is 2. The van der Waals surface area contributed by atoms with Crippen LogP contribution in [0.1, 0.15) is 0 Å². The van der Waals surface area contributed by atoms with E-state index in [1.54, 1.807) is 38.4 Å². The van der Waals surface area contributed by atoms with Crippen molar-refractivity contribution in [2.75, 3.05) is 14.2 Å². The number of pyridine rings is 2. The van der Waals surface area contributed by atoms with Gasteiger partial charge in [0.2, 0.25) is 0 Å². The highest BCUT2D eigenvalue weighted by Gasteiger charge is 2.16. The molecule has 0 radical (unpaired) electrons. The summed E-state index contributed by atoms with van der Waals surface area (Å²) in [6.07, 6.45) is 3.59. The van der Waals surface area contributed by atoms with Crippen molar-refractivity contribution < 1.29 is 9.47 Å². The lowest BCUT2D eigenvalue weighted by Gasteiger charge is -2.15. The minimum atomic E-state index is 0.813. The molecular formula is C20H16N2O2S. The number of methoxy groups -OCH3 is 2. The first-order valence-electron chi connectivity index (χ1n) is 7.83. The average Bonchev–Trinajstić information content (AvgIpc) is 2.68. The Morgan fingerprint density at radius 2 is 1.16 bits per heavy atom. The Hall–Kier alpha value is -2.79. The minimum absolute atomic E-state index is 0.813. The molecular weight excluding hydrogens is 332 g/mol. The van der Waals surface area contributed by atoms with Gasteiger partial charge in [0.1, 0.15) is 11.5 Å². The van der Waals surface area contributed by atoms with Crippen LogP contribution in [0.15, 0.2) is 70.7 Å². The van der Waals surface area contributed by atoms with Gasteiger partial charge in [-0.3, -0.25) is 9.97 Å². The molecule has 2 aromatic heterocycles. The van der Waals surface area contributed by atoms with Crippen LogP contribution in [0.5, 0.6) is 11.5 Å². The van der Waals surface area contributed by atoms with Gasteiger partial charge < -0.3 is 9.47 Å². The molecule has 0 saturated carbocycles. The Bertz CT molecular complexity index is 981. The first-order valence-corrected chi connectivity index (χ1v) is 8.65. The van der Waals surface area contributed by atoms with Crippen molar-refractivity contribution in [1.29, 1.82) is 0 Å². The van der Waals surface area contributed by atoms with Crippen LogP contribution in [0.3, 0.4) is 0 Å². The van der Waals surface area contributed by atoms with Gasteiger partial charge in [-0.1, -0.05) is 23.9 Å². The van der Waals surface area contributed by atoms with Gasteiger partial charge in [-0.2, -0.15) is 0 Å². The van der Waals surface area contributed by atoms with Gasteiger partial charge >= 0.3 is 0 Å². The molecule has 5 heteroatoms. The van der Waals surface area contributed by atoms with Gasteiger partial charge in [0.05, 0.1) is 35.0 Å². The smallest absolute Gasteiger partial charge is 0.133 e. The van der Waals surface area contributed by atoms with Crippen molar-refractivity contribution in [3.05, 3.63) is 60.9 Å². The van der Waals surface area contributed by atoms with Gasteiger partial charge in [0, 0.05) is 23.2 Å². The molecule has 0 aliphatic rings. The fourth-order valence-corrected chi connectivity index (χ4v) is 4.12. The second-order valence-electron chi connectivity index (χ2n) is 5.44. The number of ether oxygens (including phenoxy) is 2. The lowest BCUT2D eigenvalue weighted by molar-refractivity contribution is 0.404. The lowest BCUT2D eigenvalue weighted by Crippen LogP contribution is -1.92. The van der Waals surface area contributed by atoms with E-state index in [9.17, 15) is 0 Å². The number of hydrogen-bond donors (Lipinski definition) is 0. The number of nitrogens with zero attached hydrogens (tertiary/aromatic N) is 2. The second kappa shape index (κ2) is 6.61. The zero-order chi connectivity index (χ0) is 17.2. The molecule has 0 fully saturated rings. The van der Waals surface area contributed by atoms with Crippen molar-refractivity contribution in [2.24, 2.45) is 0 Å². The largest absolute Gasteiger partial charge is 0.496 e. The van der Waals surface area contributed by atoms with E-state index in [1.807, 2.05) is 36.4 Å². The van der Waals surface area contributed by atoms with Crippen molar-refractivity contribution in [3.8, 4) is 11.5 Å². The molecule has 0 N–H and O–H groups in total. The molecule has 0 unspecified atom stereocenters. The Morgan fingerprint density at radius 1 is 0.680 bits per heavy atom. The fraction of sp³-hybridized carbons (Fsp3) is 0.100. The normalized spacial score (nSPS) is 11.0. The third-order valence-electron chi connectivity index (χ3n) is 4.04. The third kappa shape index (κ3) is 2.76. The number of aromatic nitrogens is 2. The van der Waals surface area contributed by atoms with Crippen LogP contribution in [0, 0.1) is 0 Å². The molecule has 0 aliphatic heterocycles. The van der Waals surface area contributed by atoms with Crippen LogP contribution in [0.2, 0.25) is 0 Å². The second-order valence-corrected chi connectivity index (χ2v) is 6.46. The summed E-state index contributed by atoms with van der Waals surface area (Å²) in [4.78, 5) is 10.9. The Balaban J connectivity index is 1.97. The monoisotopic (exact) mass is 348 g/mol. The van der Waals surface area contributed by atoms with Crippen LogP contribution < -0.4 is 9.47 Å². The van der Waals surface area contributed by atoms with E-state index < -0.39 is 0 Å². The molecule has 4 rings (SSSR count). The van der Waals surface area contributed by atoms with Crippen LogP contribution in [-0.4, -0.2) is 24.2 Å². The maximum Gasteiger partial charge on any atom is 0.133 e. The molecule has 0 amide bonds. The standard InChI is InChI=1S/C20H16N2O2S/c1-23-17-9-7-15-13(5-3-11-21-15)19(17)25-20-14-6-4-12-22-16(14)8-10-18(20)24-2/h3-12H,1-2H3. The van der Waals surface area contributed by atoms with Crippen LogP contribution in [0.25, 0.3) is 21.8 Å². The molecule has 0 bridgehead atoms. The number of rotatable bonds is 4. The first-order chi connectivity index (χ1) is 12.3. The van der Waals surface area contributed by atoms with E-state index in [2.05, 4.69) is 22.1 Å². The van der Waals surface area contributed by atoms with Gasteiger partial charge in [-0.15, -0.1) is 0 Å². The van der Waals surface area contributed by atoms with E-state index in [1.165, 1.54) is 0 Å². The van der Waals surface area contributed by atoms with Gasteiger partial charge in [0.15, 0.2) is 0 Å². The van der Waals surface area contributed by atoms with Crippen molar-refractivity contribution in [1.82, 2.24) is 9.97 Å². The molecule has 0 aliphatic carbocycles. The van der Waals surface area contributed by atoms with E-state index in [0.29, 0.717) is 0 Å². The summed E-state index contributed by atoms with van der Waals surface area (Å²) >= 11 is 1.62. The summed E-state index contributed by atoms with van der Waals surface area (Å²) in [5.74, 6) is 1.63. The predicted octanol–water partition coefficient (Wildman–Crippen LogP) is 4.95. The molecule has 2 heterocycles. The highest BCUT2D eigenvalue weighted by atomic mass is 32.2. The third-order valence-corrected chi connectivity index (χ3v) is 5.29. The Morgan fingerprint density at radius 3 is 1.60 bits per heavy atom. The summed E-state index contributed by atoms with van der Waals surface area (Å²) in [6, 6.07) is 15.8. The number of benzene rings is 2. The van der Waals surface area contributed by atoms with Crippen molar-refractivity contribution in [2.45, 2.75) is 9.79 Å². The molecule has 2 aromatic carbocycles. The molecule has 0 spiro atoms. The first kappa shape index (κ1) is 15.7. The number of hydrogen-bond acceptors (Lipinski definition) is 5. The van der Waals surface area contributed by atoms with E-state index in [4.69, 9.17) is 9.47 Å². The molecule has 124 valence electrons. The quantitative estimate of drug-likeness (QED) is 0.522. The maximum absolute atomic E-state index is 5.61. The highest BCUT2D eigenvalue weighted by Crippen LogP contribution is 2.45. The summed E-state index contributed by atoms with van der Waals surface area (Å²) in [5, 5.41) is 2.10. The van der Waals surface area contributed by atoms with Crippen LogP contribution >= 0.6 is 11.8 Å². The SMILES string of the molecule is COc1ccc2ncccc2c1Sc1c(OC)ccc2ncccc12. The zero-order valence-electron chi connectivity index (χ0n) is 13.9. The minimum Gasteiger partial charge on any atom is -0.496 e. The predicted molar refractivity (Wildman–Crippen MR) is 101 cm³/mol. The maximum atomic E-state index is 5.61.